The molecule has 1 amide bonds. The molecular weight excluding hydrogens is 388 g/mol. The molecule has 166 valence electrons. The zero-order chi connectivity index (χ0) is 21.8. The van der Waals surface area contributed by atoms with E-state index in [9.17, 15) is 9.90 Å². The number of carbonyl (C=O) groups is 1. The van der Waals surface area contributed by atoms with Crippen LogP contribution in [-0.2, 0) is 4.79 Å². The van der Waals surface area contributed by atoms with Gasteiger partial charge in [-0.1, -0.05) is 49.6 Å². The second-order valence-electron chi connectivity index (χ2n) is 9.37. The Morgan fingerprint density at radius 3 is 2.61 bits per heavy atom. The molecule has 1 saturated heterocycles. The van der Waals surface area contributed by atoms with Crippen LogP contribution in [0.1, 0.15) is 63.0 Å². The first-order valence-corrected chi connectivity index (χ1v) is 11.5. The summed E-state index contributed by atoms with van der Waals surface area (Å²) in [6.07, 6.45) is 8.78. The molecule has 0 bridgehead atoms. The van der Waals surface area contributed by atoms with E-state index in [1.54, 1.807) is 0 Å². The Morgan fingerprint density at radius 2 is 1.90 bits per heavy atom. The van der Waals surface area contributed by atoms with E-state index in [1.807, 2.05) is 48.3 Å². The zero-order valence-corrected chi connectivity index (χ0v) is 18.8. The van der Waals surface area contributed by atoms with Gasteiger partial charge in [0.25, 0.3) is 0 Å². The fourth-order valence-electron chi connectivity index (χ4n) is 4.96. The second-order valence-corrected chi connectivity index (χ2v) is 9.37. The van der Waals surface area contributed by atoms with E-state index in [2.05, 4.69) is 17.1 Å². The van der Waals surface area contributed by atoms with Crippen LogP contribution in [0, 0.1) is 0 Å². The molecule has 1 aromatic heterocycles. The minimum absolute atomic E-state index is 0.0808. The predicted octanol–water partition coefficient (Wildman–Crippen LogP) is 4.00. The highest BCUT2D eigenvalue weighted by Gasteiger charge is 2.35. The van der Waals surface area contributed by atoms with Gasteiger partial charge in [-0.15, -0.1) is 0 Å². The summed E-state index contributed by atoms with van der Waals surface area (Å²) in [6, 6.07) is 10.2. The first kappa shape index (κ1) is 21.8. The minimum Gasteiger partial charge on any atom is -0.389 e. The van der Waals surface area contributed by atoms with Crippen molar-refractivity contribution in [2.45, 2.75) is 62.9 Å². The average Bonchev–Trinajstić information content (AvgIpc) is 2.79. The number of rotatable bonds is 5. The first-order valence-electron chi connectivity index (χ1n) is 11.5. The van der Waals surface area contributed by atoms with Crippen molar-refractivity contribution in [1.82, 2.24) is 14.9 Å². The highest BCUT2D eigenvalue weighted by atomic mass is 16.3. The van der Waals surface area contributed by atoms with Crippen molar-refractivity contribution in [2.24, 2.45) is 0 Å². The molecule has 6 heteroatoms. The molecule has 1 N–H and O–H groups in total. The van der Waals surface area contributed by atoms with Crippen molar-refractivity contribution in [3.63, 3.8) is 0 Å². The molecule has 4 rings (SSSR count). The maximum absolute atomic E-state index is 13.1. The van der Waals surface area contributed by atoms with Crippen molar-refractivity contribution < 1.29 is 9.90 Å². The number of anilines is 1. The maximum Gasteiger partial charge on any atom is 0.225 e. The van der Waals surface area contributed by atoms with E-state index in [0.717, 1.165) is 68.3 Å². The minimum atomic E-state index is -0.815. The average molecular weight is 423 g/mol. The smallest absolute Gasteiger partial charge is 0.225 e. The number of nitrogens with zero attached hydrogens (tertiary/aromatic N) is 4. The molecule has 2 fully saturated rings. The first-order chi connectivity index (χ1) is 15.0. The van der Waals surface area contributed by atoms with Gasteiger partial charge >= 0.3 is 0 Å². The van der Waals surface area contributed by atoms with Gasteiger partial charge in [0.1, 0.15) is 0 Å². The molecular formula is C25H34N4O2. The van der Waals surface area contributed by atoms with Crippen molar-refractivity contribution in [3.05, 3.63) is 42.2 Å². The van der Waals surface area contributed by atoms with Crippen LogP contribution in [0.2, 0.25) is 0 Å². The summed E-state index contributed by atoms with van der Waals surface area (Å²) in [4.78, 5) is 26.4. The number of piperidine rings is 1. The van der Waals surface area contributed by atoms with Gasteiger partial charge in [0, 0.05) is 44.9 Å². The maximum atomic E-state index is 13.1. The summed E-state index contributed by atoms with van der Waals surface area (Å²) >= 11 is 0. The van der Waals surface area contributed by atoms with Crippen molar-refractivity contribution >= 4 is 11.9 Å². The Morgan fingerprint density at radius 1 is 1.16 bits per heavy atom. The number of aromatic nitrogens is 2. The topological polar surface area (TPSA) is 69.6 Å². The molecule has 1 aliphatic carbocycles. The molecule has 2 aliphatic rings. The van der Waals surface area contributed by atoms with Crippen molar-refractivity contribution in [2.75, 3.05) is 32.1 Å². The van der Waals surface area contributed by atoms with Gasteiger partial charge in [-0.2, -0.15) is 0 Å². The van der Waals surface area contributed by atoms with E-state index < -0.39 is 5.60 Å². The fourth-order valence-corrected chi connectivity index (χ4v) is 4.96. The van der Waals surface area contributed by atoms with Gasteiger partial charge in [0.05, 0.1) is 17.7 Å². The summed E-state index contributed by atoms with van der Waals surface area (Å²) in [7, 11) is 3.89. The molecule has 31 heavy (non-hydrogen) atoms. The quantitative estimate of drug-likeness (QED) is 0.789. The van der Waals surface area contributed by atoms with Gasteiger partial charge in [-0.25, -0.2) is 9.97 Å². The van der Waals surface area contributed by atoms with Gasteiger partial charge < -0.3 is 14.9 Å². The Balaban J connectivity index is 1.57. The number of likely N-dealkylation sites (tertiary alicyclic amines) is 1. The SMILES string of the molecule is CN(C)c1ncc(-c2ccccc2)c(C2CCCN(C(=O)CC3(O)CCCCC3)C2)n1. The lowest BCUT2D eigenvalue weighted by Crippen LogP contribution is -2.44. The van der Waals surface area contributed by atoms with Crippen LogP contribution in [-0.4, -0.2) is 58.7 Å². The van der Waals surface area contributed by atoms with Crippen LogP contribution in [0.25, 0.3) is 11.1 Å². The summed E-state index contributed by atoms with van der Waals surface area (Å²) in [5.41, 5.74) is 2.34. The van der Waals surface area contributed by atoms with Crippen molar-refractivity contribution in [3.8, 4) is 11.1 Å². The van der Waals surface area contributed by atoms with Crippen LogP contribution in [0.4, 0.5) is 5.95 Å². The van der Waals surface area contributed by atoms with Gasteiger partial charge in [-0.3, -0.25) is 4.79 Å². The molecule has 1 aromatic carbocycles. The molecule has 1 aliphatic heterocycles. The van der Waals surface area contributed by atoms with Crippen LogP contribution in [0.15, 0.2) is 36.5 Å². The molecule has 0 spiro atoms. The highest BCUT2D eigenvalue weighted by Crippen LogP contribution is 2.36. The molecule has 1 saturated carbocycles. The van der Waals surface area contributed by atoms with Gasteiger partial charge in [0.15, 0.2) is 0 Å². The molecule has 0 radical (unpaired) electrons. The standard InChI is InChI=1S/C25H34N4O2/c1-28(2)24-26-17-21(19-10-5-3-6-11-19)23(27-24)20-12-9-15-29(18-20)22(30)16-25(31)13-7-4-8-14-25/h3,5-6,10-11,17,20,31H,4,7-9,12-16,18H2,1-2H3. The summed E-state index contributed by atoms with van der Waals surface area (Å²) < 4.78 is 0. The van der Waals surface area contributed by atoms with E-state index in [-0.39, 0.29) is 18.2 Å². The Bertz CT molecular complexity index is 894. The van der Waals surface area contributed by atoms with Crippen LogP contribution >= 0.6 is 0 Å². The number of benzene rings is 1. The third-order valence-corrected chi connectivity index (χ3v) is 6.72. The van der Waals surface area contributed by atoms with Gasteiger partial charge in [-0.05, 0) is 31.2 Å². The number of hydrogen-bond donors (Lipinski definition) is 1. The van der Waals surface area contributed by atoms with Crippen LogP contribution in [0.3, 0.4) is 0 Å². The fraction of sp³-hybridized carbons (Fsp3) is 0.560. The molecule has 2 heterocycles. The monoisotopic (exact) mass is 422 g/mol. The Labute approximate surface area is 185 Å². The van der Waals surface area contributed by atoms with Crippen LogP contribution < -0.4 is 4.90 Å². The summed E-state index contributed by atoms with van der Waals surface area (Å²) in [6.45, 7) is 1.41. The third kappa shape index (κ3) is 5.06. The molecule has 1 atom stereocenters. The largest absolute Gasteiger partial charge is 0.389 e. The second kappa shape index (κ2) is 9.35. The lowest BCUT2D eigenvalue weighted by atomic mass is 9.82. The number of aliphatic hydroxyl groups is 1. The number of amides is 1. The number of hydrogen-bond acceptors (Lipinski definition) is 5. The predicted molar refractivity (Wildman–Crippen MR) is 123 cm³/mol. The normalized spacial score (nSPS) is 21.0. The Kier molecular flexibility index (Phi) is 6.56. The summed E-state index contributed by atoms with van der Waals surface area (Å²) in [5, 5.41) is 10.9. The Hall–Kier alpha value is -2.47. The van der Waals surface area contributed by atoms with E-state index >= 15 is 0 Å². The molecule has 2 aromatic rings. The molecule has 6 nitrogen and oxygen atoms in total. The van der Waals surface area contributed by atoms with Crippen molar-refractivity contribution in [1.29, 1.82) is 0 Å². The van der Waals surface area contributed by atoms with Crippen LogP contribution in [0.5, 0.6) is 0 Å². The van der Waals surface area contributed by atoms with E-state index in [1.165, 1.54) is 0 Å². The lowest BCUT2D eigenvalue weighted by molar-refractivity contribution is -0.139. The number of carbonyl (C=O) groups excluding carboxylic acids is 1. The van der Waals surface area contributed by atoms with E-state index in [0.29, 0.717) is 12.5 Å². The van der Waals surface area contributed by atoms with Gasteiger partial charge in [0.2, 0.25) is 11.9 Å². The lowest BCUT2D eigenvalue weighted by Gasteiger charge is -2.37. The van der Waals surface area contributed by atoms with E-state index in [4.69, 9.17) is 4.98 Å². The highest BCUT2D eigenvalue weighted by molar-refractivity contribution is 5.77. The summed E-state index contributed by atoms with van der Waals surface area (Å²) in [5.74, 6) is 0.933. The molecule has 1 unspecified atom stereocenters. The third-order valence-electron chi connectivity index (χ3n) is 6.72. The zero-order valence-electron chi connectivity index (χ0n) is 18.8.